The van der Waals surface area contributed by atoms with Crippen LogP contribution in [0.5, 0.6) is 0 Å². The lowest BCUT2D eigenvalue weighted by molar-refractivity contribution is -0.131. The van der Waals surface area contributed by atoms with Gasteiger partial charge in [0.2, 0.25) is 11.8 Å². The number of hydrogen-bond acceptors (Lipinski definition) is 3. The Labute approximate surface area is 118 Å². The lowest BCUT2D eigenvalue weighted by Gasteiger charge is -2.30. The van der Waals surface area contributed by atoms with Crippen LogP contribution in [0.15, 0.2) is 30.3 Å². The minimum absolute atomic E-state index is 0.119. The third-order valence-corrected chi connectivity index (χ3v) is 4.41. The molecule has 4 heteroatoms. The van der Waals surface area contributed by atoms with Gasteiger partial charge in [-0.05, 0) is 25.0 Å². The third-order valence-electron chi connectivity index (χ3n) is 4.41. The molecule has 1 saturated heterocycles. The zero-order valence-electron chi connectivity index (χ0n) is 11.8. The van der Waals surface area contributed by atoms with Crippen LogP contribution >= 0.6 is 0 Å². The van der Waals surface area contributed by atoms with E-state index in [0.717, 1.165) is 6.29 Å². The summed E-state index contributed by atoms with van der Waals surface area (Å²) in [6, 6.07) is 8.88. The lowest BCUT2D eigenvalue weighted by Crippen LogP contribution is -2.38. The van der Waals surface area contributed by atoms with E-state index in [1.54, 1.807) is 24.3 Å². The summed E-state index contributed by atoms with van der Waals surface area (Å²) in [5.41, 5.74) is -0.145. The predicted molar refractivity (Wildman–Crippen MR) is 76.1 cm³/mol. The number of imide groups is 1. The minimum Gasteiger partial charge on any atom is -0.303 e. The molecule has 0 bridgehead atoms. The van der Waals surface area contributed by atoms with Crippen LogP contribution < -0.4 is 4.90 Å². The summed E-state index contributed by atoms with van der Waals surface area (Å²) in [5, 5.41) is 0. The van der Waals surface area contributed by atoms with Crippen LogP contribution in [0.1, 0.15) is 33.1 Å². The van der Waals surface area contributed by atoms with Crippen molar-refractivity contribution in [2.75, 3.05) is 4.90 Å². The van der Waals surface area contributed by atoms with Crippen LogP contribution in [0.3, 0.4) is 0 Å². The van der Waals surface area contributed by atoms with Crippen LogP contribution in [-0.2, 0) is 14.4 Å². The Hall–Kier alpha value is -1.97. The van der Waals surface area contributed by atoms with E-state index in [1.165, 1.54) is 4.90 Å². The van der Waals surface area contributed by atoms with Crippen LogP contribution in [0.2, 0.25) is 0 Å². The Bertz CT molecular complexity index is 520. The van der Waals surface area contributed by atoms with Crippen molar-refractivity contribution in [3.8, 4) is 0 Å². The first-order chi connectivity index (χ1) is 9.59. The standard InChI is InChI=1S/C16H19NO3/c1-3-16(4-2,11-18)13-10-14(19)17(15(13)20)12-8-6-5-7-9-12/h5-9,11,13H,3-4,10H2,1-2H3/t13-/m1/s1. The van der Waals surface area contributed by atoms with Gasteiger partial charge >= 0.3 is 0 Å². The molecule has 1 aliphatic rings. The highest BCUT2D eigenvalue weighted by molar-refractivity contribution is 6.21. The Kier molecular flexibility index (Phi) is 4.02. The summed E-state index contributed by atoms with van der Waals surface area (Å²) in [4.78, 5) is 37.5. The second-order valence-electron chi connectivity index (χ2n) is 5.22. The molecule has 1 aromatic rings. The first-order valence-corrected chi connectivity index (χ1v) is 6.97. The maximum atomic E-state index is 12.6. The molecule has 0 aromatic heterocycles. The number of benzene rings is 1. The molecule has 0 saturated carbocycles. The average molecular weight is 273 g/mol. The van der Waals surface area contributed by atoms with E-state index in [2.05, 4.69) is 0 Å². The Morgan fingerprint density at radius 1 is 1.20 bits per heavy atom. The predicted octanol–water partition coefficient (Wildman–Crippen LogP) is 2.57. The maximum Gasteiger partial charge on any atom is 0.238 e. The minimum atomic E-state index is -0.726. The Morgan fingerprint density at radius 2 is 1.80 bits per heavy atom. The van der Waals surface area contributed by atoms with Crippen LogP contribution in [0, 0.1) is 11.3 Å². The number of amides is 2. The quantitative estimate of drug-likeness (QED) is 0.612. The highest BCUT2D eigenvalue weighted by atomic mass is 16.2. The average Bonchev–Trinajstić information content (AvgIpc) is 2.78. The summed E-state index contributed by atoms with van der Waals surface area (Å²) in [6.45, 7) is 3.78. The number of para-hydroxylation sites is 1. The number of aldehydes is 1. The molecule has 0 aliphatic carbocycles. The van der Waals surface area contributed by atoms with Gasteiger partial charge in [-0.15, -0.1) is 0 Å². The molecule has 0 radical (unpaired) electrons. The van der Waals surface area contributed by atoms with Gasteiger partial charge in [-0.3, -0.25) is 14.5 Å². The maximum absolute atomic E-state index is 12.6. The number of hydrogen-bond donors (Lipinski definition) is 0. The van der Waals surface area contributed by atoms with Gasteiger partial charge in [0.05, 0.1) is 11.6 Å². The van der Waals surface area contributed by atoms with E-state index in [0.29, 0.717) is 18.5 Å². The van der Waals surface area contributed by atoms with Gasteiger partial charge in [-0.25, -0.2) is 0 Å². The van der Waals surface area contributed by atoms with Crippen molar-refractivity contribution in [1.82, 2.24) is 0 Å². The molecule has 1 atom stereocenters. The Morgan fingerprint density at radius 3 is 2.30 bits per heavy atom. The second kappa shape index (κ2) is 5.57. The Balaban J connectivity index is 2.36. The summed E-state index contributed by atoms with van der Waals surface area (Å²) in [5.74, 6) is -1.01. The highest BCUT2D eigenvalue weighted by Gasteiger charge is 2.49. The highest BCUT2D eigenvalue weighted by Crippen LogP contribution is 2.41. The van der Waals surface area contributed by atoms with Gasteiger partial charge in [-0.1, -0.05) is 32.0 Å². The summed E-state index contributed by atoms with van der Waals surface area (Å²) in [6.07, 6.45) is 2.12. The fourth-order valence-electron chi connectivity index (χ4n) is 2.92. The second-order valence-corrected chi connectivity index (χ2v) is 5.22. The molecule has 2 rings (SSSR count). The molecule has 2 amide bonds. The molecule has 20 heavy (non-hydrogen) atoms. The number of carbonyl (C=O) groups excluding carboxylic acids is 3. The molecule has 0 spiro atoms. The van der Waals surface area contributed by atoms with E-state index in [9.17, 15) is 14.4 Å². The molecule has 1 aliphatic heterocycles. The van der Waals surface area contributed by atoms with Crippen LogP contribution in [-0.4, -0.2) is 18.1 Å². The van der Waals surface area contributed by atoms with Crippen molar-refractivity contribution in [3.05, 3.63) is 30.3 Å². The van der Waals surface area contributed by atoms with Crippen LogP contribution in [0.4, 0.5) is 5.69 Å². The fraction of sp³-hybridized carbons (Fsp3) is 0.438. The molecule has 1 aromatic carbocycles. The van der Waals surface area contributed by atoms with Crippen molar-refractivity contribution >= 4 is 23.8 Å². The third kappa shape index (κ3) is 2.15. The zero-order valence-corrected chi connectivity index (χ0v) is 11.8. The van der Waals surface area contributed by atoms with E-state index >= 15 is 0 Å². The van der Waals surface area contributed by atoms with E-state index in [4.69, 9.17) is 0 Å². The van der Waals surface area contributed by atoms with Crippen molar-refractivity contribution in [2.24, 2.45) is 11.3 Å². The van der Waals surface area contributed by atoms with Gasteiger partial charge in [0.25, 0.3) is 0 Å². The van der Waals surface area contributed by atoms with Crippen molar-refractivity contribution in [2.45, 2.75) is 33.1 Å². The number of carbonyl (C=O) groups is 3. The number of rotatable bonds is 5. The van der Waals surface area contributed by atoms with Gasteiger partial charge in [0, 0.05) is 11.8 Å². The van der Waals surface area contributed by atoms with Crippen molar-refractivity contribution in [3.63, 3.8) is 0 Å². The van der Waals surface area contributed by atoms with Gasteiger partial charge in [-0.2, -0.15) is 0 Å². The van der Waals surface area contributed by atoms with E-state index in [1.807, 2.05) is 19.9 Å². The lowest BCUT2D eigenvalue weighted by atomic mass is 9.71. The van der Waals surface area contributed by atoms with Crippen molar-refractivity contribution < 1.29 is 14.4 Å². The van der Waals surface area contributed by atoms with Gasteiger partial charge < -0.3 is 4.79 Å². The largest absolute Gasteiger partial charge is 0.303 e. The molecule has 106 valence electrons. The molecule has 0 unspecified atom stereocenters. The number of anilines is 1. The van der Waals surface area contributed by atoms with E-state index in [-0.39, 0.29) is 18.2 Å². The summed E-state index contributed by atoms with van der Waals surface area (Å²) >= 11 is 0. The first kappa shape index (κ1) is 14.4. The molecule has 4 nitrogen and oxygen atoms in total. The molecule has 0 N–H and O–H groups in total. The van der Waals surface area contributed by atoms with Crippen molar-refractivity contribution in [1.29, 1.82) is 0 Å². The number of nitrogens with zero attached hydrogens (tertiary/aromatic N) is 1. The zero-order chi connectivity index (χ0) is 14.8. The fourth-order valence-corrected chi connectivity index (χ4v) is 2.92. The first-order valence-electron chi connectivity index (χ1n) is 6.97. The normalized spacial score (nSPS) is 19.5. The van der Waals surface area contributed by atoms with E-state index < -0.39 is 11.3 Å². The molecule has 1 fully saturated rings. The molecule has 1 heterocycles. The monoisotopic (exact) mass is 273 g/mol. The summed E-state index contributed by atoms with van der Waals surface area (Å²) < 4.78 is 0. The SMILES string of the molecule is CCC(C=O)(CC)[C@@H]1CC(=O)N(c2ccccc2)C1=O. The van der Waals surface area contributed by atoms with Gasteiger partial charge in [0.15, 0.2) is 0 Å². The molecular weight excluding hydrogens is 254 g/mol. The van der Waals surface area contributed by atoms with Gasteiger partial charge in [0.1, 0.15) is 6.29 Å². The molecular formula is C16H19NO3. The smallest absolute Gasteiger partial charge is 0.238 e. The summed E-state index contributed by atoms with van der Waals surface area (Å²) in [7, 11) is 0. The topological polar surface area (TPSA) is 54.5 Å². The van der Waals surface area contributed by atoms with Crippen LogP contribution in [0.25, 0.3) is 0 Å².